The summed E-state index contributed by atoms with van der Waals surface area (Å²) in [6, 6.07) is 13.5. The van der Waals surface area contributed by atoms with Gasteiger partial charge in [0.25, 0.3) is 5.91 Å². The van der Waals surface area contributed by atoms with Crippen molar-refractivity contribution in [1.82, 2.24) is 29.2 Å². The van der Waals surface area contributed by atoms with Crippen LogP contribution in [-0.2, 0) is 17.8 Å². The monoisotopic (exact) mass is 749 g/mol. The number of amides is 2. The molecule has 0 N–H and O–H groups in total. The fourth-order valence-electron chi connectivity index (χ4n) is 8.39. The van der Waals surface area contributed by atoms with Crippen LogP contribution in [0.4, 0.5) is 26.4 Å². The van der Waals surface area contributed by atoms with Crippen molar-refractivity contribution in [2.45, 2.75) is 79.1 Å². The second kappa shape index (κ2) is 15.5. The van der Waals surface area contributed by atoms with Crippen LogP contribution in [0.5, 0.6) is 0 Å². The lowest BCUT2D eigenvalue weighted by Crippen LogP contribution is -2.52. The highest BCUT2D eigenvalue weighted by Crippen LogP contribution is 2.40. The van der Waals surface area contributed by atoms with E-state index in [9.17, 15) is 19.2 Å². The summed E-state index contributed by atoms with van der Waals surface area (Å²) in [7, 11) is 0. The number of hydrogen-bond acceptors (Lipinski definition) is 9. The predicted octanol–water partition coefficient (Wildman–Crippen LogP) is 6.72. The summed E-state index contributed by atoms with van der Waals surface area (Å²) in [5.74, 6) is 0.476. The Bertz CT molecular complexity index is 2100. The molecule has 0 spiro atoms. The molecule has 2 saturated heterocycles. The minimum atomic E-state index is -0.525. The quantitative estimate of drug-likeness (QED) is 0.184. The molecule has 0 bridgehead atoms. The van der Waals surface area contributed by atoms with Crippen LogP contribution in [0.2, 0.25) is 0 Å². The number of carbonyl (C=O) groups is 2. The Labute approximate surface area is 323 Å². The van der Waals surface area contributed by atoms with E-state index >= 15 is 0 Å². The number of halogens is 1. The van der Waals surface area contributed by atoms with E-state index in [2.05, 4.69) is 49.4 Å². The molecule has 2 aromatic carbocycles. The van der Waals surface area contributed by atoms with E-state index in [0.717, 1.165) is 61.4 Å². The highest BCUT2D eigenvalue weighted by atomic mass is 19.1. The molecule has 4 aromatic rings. The summed E-state index contributed by atoms with van der Waals surface area (Å²) in [6.45, 7) is 18.7. The fraction of sp³-hybridized carbons (Fsp3) is 0.500. The third kappa shape index (κ3) is 7.70. The van der Waals surface area contributed by atoms with Crippen LogP contribution in [0.1, 0.15) is 74.6 Å². The Morgan fingerprint density at radius 1 is 1.02 bits per heavy atom. The van der Waals surface area contributed by atoms with Gasteiger partial charge in [-0.15, -0.1) is 0 Å². The molecule has 2 fully saturated rings. The van der Waals surface area contributed by atoms with Crippen LogP contribution in [-0.4, -0.2) is 105 Å². The molecule has 0 aliphatic carbocycles. The van der Waals surface area contributed by atoms with Gasteiger partial charge in [0.1, 0.15) is 35.2 Å². The molecule has 13 heteroatoms. The van der Waals surface area contributed by atoms with Gasteiger partial charge in [-0.2, -0.15) is 5.26 Å². The number of nitriles is 1. The Balaban J connectivity index is 1.01. The zero-order valence-corrected chi connectivity index (χ0v) is 32.9. The minimum Gasteiger partial charge on any atom is -0.444 e. The molecule has 3 aliphatic heterocycles. The van der Waals surface area contributed by atoms with E-state index in [-0.39, 0.29) is 17.9 Å². The SMILES string of the molecule is CCN(CC)C(=O)c1cc(F)ccc1N1CCN(C2CCN(Cc3ccc4c(cc(C#N)n4CC4CN(C(=O)OC(C)(C)C)C4)c3C)CC2)c2ncncc21. The van der Waals surface area contributed by atoms with Crippen LogP contribution in [0.3, 0.4) is 0 Å². The molecule has 0 atom stereocenters. The van der Waals surface area contributed by atoms with E-state index in [1.807, 2.05) is 40.7 Å². The predicted molar refractivity (Wildman–Crippen MR) is 211 cm³/mol. The average molecular weight is 750 g/mol. The van der Waals surface area contributed by atoms with E-state index in [4.69, 9.17) is 9.72 Å². The third-order valence-corrected chi connectivity index (χ3v) is 11.4. The number of likely N-dealkylation sites (tertiary alicyclic amines) is 2. The summed E-state index contributed by atoms with van der Waals surface area (Å²) in [5.41, 5.74) is 5.46. The number of rotatable bonds is 9. The Kier molecular flexibility index (Phi) is 10.7. The Hall–Kier alpha value is -5.22. The van der Waals surface area contributed by atoms with Gasteiger partial charge in [0.2, 0.25) is 0 Å². The minimum absolute atomic E-state index is 0.188. The van der Waals surface area contributed by atoms with Gasteiger partial charge in [0.05, 0.1) is 17.4 Å². The molecular formula is C42H52FN9O3. The van der Waals surface area contributed by atoms with E-state index in [1.165, 1.54) is 23.3 Å². The van der Waals surface area contributed by atoms with Crippen LogP contribution in [0.15, 0.2) is 48.9 Å². The molecular weight excluding hydrogens is 698 g/mol. The highest BCUT2D eigenvalue weighted by molar-refractivity contribution is 6.01. The van der Waals surface area contributed by atoms with Gasteiger partial charge in [-0.25, -0.2) is 19.2 Å². The van der Waals surface area contributed by atoms with Crippen LogP contribution >= 0.6 is 0 Å². The van der Waals surface area contributed by atoms with Crippen molar-refractivity contribution in [1.29, 1.82) is 5.26 Å². The van der Waals surface area contributed by atoms with Gasteiger partial charge in [0, 0.05) is 88.3 Å². The molecule has 0 saturated carbocycles. The topological polar surface area (TPSA) is 114 Å². The van der Waals surface area contributed by atoms with E-state index in [1.54, 1.807) is 28.4 Å². The summed E-state index contributed by atoms with van der Waals surface area (Å²) in [4.78, 5) is 45.5. The largest absolute Gasteiger partial charge is 0.444 e. The second-order valence-electron chi connectivity index (χ2n) is 16.0. The number of hydrogen-bond donors (Lipinski definition) is 0. The lowest BCUT2D eigenvalue weighted by molar-refractivity contribution is -0.00319. The van der Waals surface area contributed by atoms with Gasteiger partial charge in [-0.05, 0) is 95.8 Å². The number of aromatic nitrogens is 3. The maximum absolute atomic E-state index is 14.5. The first-order valence-corrected chi connectivity index (χ1v) is 19.5. The molecule has 55 heavy (non-hydrogen) atoms. The molecule has 0 unspecified atom stereocenters. The van der Waals surface area contributed by atoms with Crippen molar-refractivity contribution in [3.8, 4) is 6.07 Å². The third-order valence-electron chi connectivity index (χ3n) is 11.4. The first-order chi connectivity index (χ1) is 26.4. The van der Waals surface area contributed by atoms with Gasteiger partial charge >= 0.3 is 6.09 Å². The molecule has 5 heterocycles. The maximum atomic E-state index is 14.5. The fourth-order valence-corrected chi connectivity index (χ4v) is 8.39. The number of piperidine rings is 1. The van der Waals surface area contributed by atoms with Crippen LogP contribution in [0, 0.1) is 30.0 Å². The average Bonchev–Trinajstić information content (AvgIpc) is 3.51. The standard InChI is InChI=1S/C42H52FN9O3/c1-7-48(8-2)40(53)35-19-31(43)10-12-37(35)51-18-17-50(39-38(51)22-45-27-46-39)32-13-15-47(16-14-32)26-30-9-11-36-34(28(30)3)20-33(21-44)52(36)25-29-23-49(24-29)41(54)55-42(4,5)6/h9-12,19-20,22,27,29,32H,7-8,13-18,23-26H2,1-6H3. The van der Waals surface area contributed by atoms with Crippen molar-refractivity contribution in [2.75, 3.05) is 62.2 Å². The van der Waals surface area contributed by atoms with Crippen LogP contribution < -0.4 is 9.80 Å². The molecule has 3 aliphatic rings. The molecule has 7 rings (SSSR count). The lowest BCUT2D eigenvalue weighted by atomic mass is 9.99. The summed E-state index contributed by atoms with van der Waals surface area (Å²) in [5, 5.41) is 11.2. The van der Waals surface area contributed by atoms with Gasteiger partial charge in [-0.1, -0.05) is 6.07 Å². The van der Waals surface area contributed by atoms with E-state index in [0.29, 0.717) is 62.3 Å². The summed E-state index contributed by atoms with van der Waals surface area (Å²) in [6.07, 6.45) is 5.04. The van der Waals surface area contributed by atoms with Crippen molar-refractivity contribution in [3.63, 3.8) is 0 Å². The summed E-state index contributed by atoms with van der Waals surface area (Å²) >= 11 is 0. The zero-order valence-electron chi connectivity index (χ0n) is 32.9. The number of benzene rings is 2. The first-order valence-electron chi connectivity index (χ1n) is 19.5. The maximum Gasteiger partial charge on any atom is 0.410 e. The van der Waals surface area contributed by atoms with Gasteiger partial charge < -0.3 is 28.9 Å². The Morgan fingerprint density at radius 2 is 1.76 bits per heavy atom. The smallest absolute Gasteiger partial charge is 0.410 e. The second-order valence-corrected chi connectivity index (χ2v) is 16.0. The number of fused-ring (bicyclic) bond motifs is 2. The molecule has 290 valence electrons. The molecule has 12 nitrogen and oxygen atoms in total. The van der Waals surface area contributed by atoms with Crippen molar-refractivity contribution >= 4 is 40.1 Å². The summed E-state index contributed by atoms with van der Waals surface area (Å²) < 4.78 is 22.1. The van der Waals surface area contributed by atoms with Gasteiger partial charge in [-0.3, -0.25) is 9.69 Å². The molecule has 2 amide bonds. The number of ether oxygens (including phenoxy) is 1. The molecule has 0 radical (unpaired) electrons. The van der Waals surface area contributed by atoms with Crippen molar-refractivity contribution in [3.05, 3.63) is 77.1 Å². The number of carbonyl (C=O) groups excluding carboxylic acids is 2. The van der Waals surface area contributed by atoms with Gasteiger partial charge in [0.15, 0.2) is 5.82 Å². The number of aryl methyl sites for hydroxylation is 1. The first kappa shape index (κ1) is 38.1. The lowest BCUT2D eigenvalue weighted by Gasteiger charge is -2.44. The molecule has 2 aromatic heterocycles. The highest BCUT2D eigenvalue weighted by Gasteiger charge is 2.36. The normalized spacial score (nSPS) is 16.9. The zero-order chi connectivity index (χ0) is 39.0. The van der Waals surface area contributed by atoms with Crippen molar-refractivity contribution in [2.24, 2.45) is 5.92 Å². The number of anilines is 3. The van der Waals surface area contributed by atoms with Crippen LogP contribution in [0.25, 0.3) is 10.9 Å². The Morgan fingerprint density at radius 3 is 2.45 bits per heavy atom. The van der Waals surface area contributed by atoms with Crippen molar-refractivity contribution < 1.29 is 18.7 Å². The number of nitrogens with zero attached hydrogens (tertiary/aromatic N) is 9. The van der Waals surface area contributed by atoms with E-state index < -0.39 is 11.4 Å².